The minimum absolute atomic E-state index is 0.439. The van der Waals surface area contributed by atoms with Crippen molar-refractivity contribution in [2.45, 2.75) is 30.3 Å². The van der Waals surface area contributed by atoms with Gasteiger partial charge in [-0.3, -0.25) is 0 Å². The van der Waals surface area contributed by atoms with Gasteiger partial charge in [0.05, 0.1) is 0 Å². The Morgan fingerprint density at radius 2 is 2.05 bits per heavy atom. The van der Waals surface area contributed by atoms with Crippen molar-refractivity contribution in [2.24, 2.45) is 0 Å². The summed E-state index contributed by atoms with van der Waals surface area (Å²) in [6, 6.07) is 1.21. The van der Waals surface area contributed by atoms with E-state index in [1.54, 1.807) is 6.08 Å². The minimum Gasteiger partial charge on any atom is -0.482 e. The molecule has 7 heteroatoms. The molecular weight excluding hydrogens is 298 g/mol. The van der Waals surface area contributed by atoms with Crippen LogP contribution in [0.25, 0.3) is 0 Å². The van der Waals surface area contributed by atoms with E-state index in [-0.39, 0.29) is 0 Å². The summed E-state index contributed by atoms with van der Waals surface area (Å²) >= 11 is 0. The lowest BCUT2D eigenvalue weighted by Crippen LogP contribution is -2.18. The van der Waals surface area contributed by atoms with Gasteiger partial charge in [-0.15, -0.1) is 0 Å². The maximum absolute atomic E-state index is 13.7. The van der Waals surface area contributed by atoms with E-state index in [2.05, 4.69) is 0 Å². The van der Waals surface area contributed by atoms with Gasteiger partial charge in [0, 0.05) is 16.7 Å². The lowest BCUT2D eigenvalue weighted by molar-refractivity contribution is 0.213. The molecule has 19 heavy (non-hydrogen) atoms. The van der Waals surface area contributed by atoms with Crippen LogP contribution >= 0.6 is 10.7 Å². The standard InChI is InChI=1S/C12H11ClF2O3S/c13-19(16,17)11-7-8(14)6-10(15)12(11)18-9-4-2-1-3-5-9/h2,4,6-7,9H,1,3,5H2. The largest absolute Gasteiger partial charge is 0.482 e. The zero-order chi connectivity index (χ0) is 14.0. The third kappa shape index (κ3) is 3.45. The molecule has 0 saturated heterocycles. The van der Waals surface area contributed by atoms with Gasteiger partial charge in [-0.25, -0.2) is 17.2 Å². The highest BCUT2D eigenvalue weighted by Crippen LogP contribution is 2.32. The van der Waals surface area contributed by atoms with E-state index in [1.165, 1.54) is 0 Å². The van der Waals surface area contributed by atoms with Crippen LogP contribution in [0.2, 0.25) is 0 Å². The average Bonchev–Trinajstić information content (AvgIpc) is 2.32. The molecule has 2 rings (SSSR count). The molecule has 104 valence electrons. The Hall–Kier alpha value is -1.14. The van der Waals surface area contributed by atoms with Crippen LogP contribution in [0, 0.1) is 11.6 Å². The summed E-state index contributed by atoms with van der Waals surface area (Å²) in [5.41, 5.74) is 0. The van der Waals surface area contributed by atoms with Gasteiger partial charge < -0.3 is 4.74 Å². The van der Waals surface area contributed by atoms with Gasteiger partial charge in [-0.1, -0.05) is 6.08 Å². The Bertz CT molecular complexity index is 614. The van der Waals surface area contributed by atoms with E-state index in [1.807, 2.05) is 6.08 Å². The van der Waals surface area contributed by atoms with Gasteiger partial charge in [0.25, 0.3) is 9.05 Å². The lowest BCUT2D eigenvalue weighted by atomic mass is 10.1. The van der Waals surface area contributed by atoms with Gasteiger partial charge in [0.2, 0.25) is 0 Å². The minimum atomic E-state index is -4.29. The lowest BCUT2D eigenvalue weighted by Gasteiger charge is -2.20. The second-order valence-corrected chi connectivity index (χ2v) is 6.70. The van der Waals surface area contributed by atoms with E-state index >= 15 is 0 Å². The fourth-order valence-corrected chi connectivity index (χ4v) is 2.83. The Morgan fingerprint density at radius 1 is 1.32 bits per heavy atom. The van der Waals surface area contributed by atoms with Crippen LogP contribution < -0.4 is 4.74 Å². The molecule has 0 amide bonds. The number of rotatable bonds is 3. The fourth-order valence-electron chi connectivity index (χ4n) is 1.86. The molecule has 0 aromatic heterocycles. The summed E-state index contributed by atoms with van der Waals surface area (Å²) in [5, 5.41) is 0. The topological polar surface area (TPSA) is 43.4 Å². The van der Waals surface area contributed by atoms with Crippen LogP contribution in [0.1, 0.15) is 19.3 Å². The number of benzene rings is 1. The van der Waals surface area contributed by atoms with E-state index in [0.717, 1.165) is 12.8 Å². The second-order valence-electron chi connectivity index (χ2n) is 4.17. The van der Waals surface area contributed by atoms with Crippen molar-refractivity contribution in [3.8, 4) is 5.75 Å². The molecule has 0 N–H and O–H groups in total. The highest BCUT2D eigenvalue weighted by Gasteiger charge is 2.24. The van der Waals surface area contributed by atoms with E-state index < -0.39 is 37.4 Å². The second kappa shape index (κ2) is 5.46. The third-order valence-electron chi connectivity index (χ3n) is 2.72. The summed E-state index contributed by atoms with van der Waals surface area (Å²) in [5.74, 6) is -2.64. The van der Waals surface area contributed by atoms with E-state index in [0.29, 0.717) is 18.6 Å². The molecule has 1 aromatic carbocycles. The predicted octanol–water partition coefficient (Wildman–Crippen LogP) is 3.38. The molecule has 1 aliphatic carbocycles. The summed E-state index contributed by atoms with van der Waals surface area (Å²) in [7, 11) is 0.880. The summed E-state index contributed by atoms with van der Waals surface area (Å²) < 4.78 is 54.7. The van der Waals surface area contributed by atoms with Crippen molar-refractivity contribution in [3.63, 3.8) is 0 Å². The SMILES string of the molecule is O=S(=O)(Cl)c1cc(F)cc(F)c1OC1C=CCCC1. The first-order valence-corrected chi connectivity index (χ1v) is 7.96. The number of halogens is 3. The van der Waals surface area contributed by atoms with Crippen LogP contribution in [0.3, 0.4) is 0 Å². The Balaban J connectivity index is 2.43. The monoisotopic (exact) mass is 308 g/mol. The number of ether oxygens (including phenoxy) is 1. The van der Waals surface area contributed by atoms with Crippen molar-refractivity contribution in [2.75, 3.05) is 0 Å². The molecule has 3 nitrogen and oxygen atoms in total. The number of hydrogen-bond donors (Lipinski definition) is 0. The smallest absolute Gasteiger partial charge is 0.265 e. The molecule has 0 radical (unpaired) electrons. The van der Waals surface area contributed by atoms with Crippen molar-refractivity contribution < 1.29 is 21.9 Å². The molecule has 1 atom stereocenters. The van der Waals surface area contributed by atoms with Gasteiger partial charge >= 0.3 is 0 Å². The van der Waals surface area contributed by atoms with Gasteiger partial charge in [-0.2, -0.15) is 0 Å². The average molecular weight is 309 g/mol. The number of hydrogen-bond acceptors (Lipinski definition) is 3. The molecule has 0 heterocycles. The van der Waals surface area contributed by atoms with E-state index in [4.69, 9.17) is 15.4 Å². The van der Waals surface area contributed by atoms with Crippen LogP contribution in [0.5, 0.6) is 5.75 Å². The zero-order valence-corrected chi connectivity index (χ0v) is 11.3. The molecule has 0 spiro atoms. The zero-order valence-electron chi connectivity index (χ0n) is 9.77. The van der Waals surface area contributed by atoms with Gasteiger partial charge in [-0.05, 0) is 31.4 Å². The normalized spacial score (nSPS) is 19.4. The van der Waals surface area contributed by atoms with Crippen LogP contribution in [-0.4, -0.2) is 14.5 Å². The Morgan fingerprint density at radius 3 is 2.63 bits per heavy atom. The summed E-state index contributed by atoms with van der Waals surface area (Å²) in [6.07, 6.45) is 5.53. The highest BCUT2D eigenvalue weighted by molar-refractivity contribution is 8.13. The molecule has 1 aliphatic rings. The highest BCUT2D eigenvalue weighted by atomic mass is 35.7. The summed E-state index contributed by atoms with van der Waals surface area (Å²) in [4.78, 5) is -0.689. The first-order chi connectivity index (χ1) is 8.88. The van der Waals surface area contributed by atoms with Crippen LogP contribution in [0.15, 0.2) is 29.2 Å². The molecule has 0 fully saturated rings. The number of allylic oxidation sites excluding steroid dienone is 1. The van der Waals surface area contributed by atoms with Crippen molar-refractivity contribution >= 4 is 19.7 Å². The first-order valence-electron chi connectivity index (χ1n) is 5.65. The van der Waals surface area contributed by atoms with Crippen LogP contribution in [-0.2, 0) is 9.05 Å². The van der Waals surface area contributed by atoms with Gasteiger partial charge in [0.1, 0.15) is 16.8 Å². The predicted molar refractivity (Wildman–Crippen MR) is 66.8 cm³/mol. The molecule has 0 aliphatic heterocycles. The summed E-state index contributed by atoms with van der Waals surface area (Å²) in [6.45, 7) is 0. The van der Waals surface area contributed by atoms with Crippen molar-refractivity contribution in [3.05, 3.63) is 35.9 Å². The van der Waals surface area contributed by atoms with Crippen molar-refractivity contribution in [1.29, 1.82) is 0 Å². The fraction of sp³-hybridized carbons (Fsp3) is 0.333. The first kappa shape index (κ1) is 14.3. The third-order valence-corrected chi connectivity index (χ3v) is 4.04. The molecule has 0 bridgehead atoms. The quantitative estimate of drug-likeness (QED) is 0.635. The maximum Gasteiger partial charge on any atom is 0.265 e. The van der Waals surface area contributed by atoms with E-state index in [9.17, 15) is 17.2 Å². The molecular formula is C12H11ClF2O3S. The van der Waals surface area contributed by atoms with Gasteiger partial charge in [0.15, 0.2) is 11.6 Å². The Labute approximate surface area is 114 Å². The van der Waals surface area contributed by atoms with Crippen LogP contribution in [0.4, 0.5) is 8.78 Å². The molecule has 1 unspecified atom stereocenters. The molecule has 0 saturated carbocycles. The maximum atomic E-state index is 13.7. The van der Waals surface area contributed by atoms with Crippen molar-refractivity contribution in [1.82, 2.24) is 0 Å². The Kier molecular flexibility index (Phi) is 4.10. The molecule has 1 aromatic rings.